The first-order chi connectivity index (χ1) is 13.2. The van der Waals surface area contributed by atoms with Gasteiger partial charge in [-0.3, -0.25) is 4.79 Å². The van der Waals surface area contributed by atoms with Gasteiger partial charge in [-0.05, 0) is 60.4 Å². The number of hydrogen-bond donors (Lipinski definition) is 1. The predicted molar refractivity (Wildman–Crippen MR) is 101 cm³/mol. The molecule has 1 fully saturated rings. The molecule has 1 heterocycles. The number of hydrogen-bond acceptors (Lipinski definition) is 3. The van der Waals surface area contributed by atoms with E-state index in [1.165, 1.54) is 6.07 Å². The van der Waals surface area contributed by atoms with Gasteiger partial charge in [0.05, 0.1) is 0 Å². The van der Waals surface area contributed by atoms with Gasteiger partial charge in [-0.15, -0.1) is 0 Å². The number of ether oxygens (including phenoxy) is 2. The molecule has 1 aliphatic heterocycles. The Kier molecular flexibility index (Phi) is 5.28. The highest BCUT2D eigenvalue weighted by Crippen LogP contribution is 2.46. The Bertz CT molecular complexity index is 819. The minimum absolute atomic E-state index is 0.0122. The summed E-state index contributed by atoms with van der Waals surface area (Å²) in [5.74, 6) is 2.06. The van der Waals surface area contributed by atoms with E-state index in [0.29, 0.717) is 44.1 Å². The van der Waals surface area contributed by atoms with Gasteiger partial charge in [-0.1, -0.05) is 24.3 Å². The van der Waals surface area contributed by atoms with E-state index in [2.05, 4.69) is 5.32 Å². The van der Waals surface area contributed by atoms with Crippen molar-refractivity contribution in [2.24, 2.45) is 5.92 Å². The Morgan fingerprint density at radius 3 is 2.67 bits per heavy atom. The molecule has 5 heteroatoms. The van der Waals surface area contributed by atoms with Gasteiger partial charge in [0.2, 0.25) is 5.91 Å². The number of amides is 1. The molecular formula is C22H24FNO3. The molecule has 4 nitrogen and oxygen atoms in total. The fourth-order valence-corrected chi connectivity index (χ4v) is 3.66. The summed E-state index contributed by atoms with van der Waals surface area (Å²) >= 11 is 0. The molecule has 1 aliphatic carbocycles. The van der Waals surface area contributed by atoms with E-state index in [9.17, 15) is 9.18 Å². The minimum atomic E-state index is -0.223. The second-order valence-corrected chi connectivity index (χ2v) is 7.24. The van der Waals surface area contributed by atoms with E-state index in [1.54, 1.807) is 12.1 Å². The first-order valence-electron chi connectivity index (χ1n) is 9.60. The second-order valence-electron chi connectivity index (χ2n) is 7.24. The highest BCUT2D eigenvalue weighted by molar-refractivity contribution is 5.77. The van der Waals surface area contributed by atoms with Crippen molar-refractivity contribution in [3.8, 4) is 11.5 Å². The third-order valence-corrected chi connectivity index (χ3v) is 5.27. The lowest BCUT2D eigenvalue weighted by Gasteiger charge is -2.22. The standard InChI is InChI=1S/C22H24FNO3/c23-19-4-2-1-3-16(19)9-10-24-22(25)14-18(15-5-6-15)17-7-8-20-21(13-17)27-12-11-26-20/h1-4,7-8,13,15,18H,5-6,9-12,14H2,(H,24,25). The minimum Gasteiger partial charge on any atom is -0.486 e. The number of rotatable bonds is 7. The van der Waals surface area contributed by atoms with Crippen LogP contribution in [-0.4, -0.2) is 25.7 Å². The van der Waals surface area contributed by atoms with Crippen LogP contribution in [0, 0.1) is 11.7 Å². The average molecular weight is 369 g/mol. The molecule has 1 unspecified atom stereocenters. The largest absolute Gasteiger partial charge is 0.486 e. The Hall–Kier alpha value is -2.56. The maximum atomic E-state index is 13.7. The van der Waals surface area contributed by atoms with Crippen molar-refractivity contribution in [3.05, 3.63) is 59.4 Å². The van der Waals surface area contributed by atoms with Crippen LogP contribution in [0.2, 0.25) is 0 Å². The third kappa shape index (κ3) is 4.41. The quantitative estimate of drug-likeness (QED) is 0.807. The molecule has 2 aromatic carbocycles. The van der Waals surface area contributed by atoms with Crippen molar-refractivity contribution < 1.29 is 18.7 Å². The van der Waals surface area contributed by atoms with Crippen molar-refractivity contribution in [1.29, 1.82) is 0 Å². The Morgan fingerprint density at radius 2 is 1.89 bits per heavy atom. The normalized spacial score (nSPS) is 16.6. The van der Waals surface area contributed by atoms with Crippen LogP contribution in [0.1, 0.15) is 36.3 Å². The number of benzene rings is 2. The van der Waals surface area contributed by atoms with Crippen molar-refractivity contribution in [2.45, 2.75) is 31.6 Å². The fourth-order valence-electron chi connectivity index (χ4n) is 3.66. The SMILES string of the molecule is O=C(CC(c1ccc2c(c1)OCCO2)C1CC1)NCCc1ccccc1F. The van der Waals surface area contributed by atoms with Gasteiger partial charge in [0.25, 0.3) is 0 Å². The van der Waals surface area contributed by atoms with Crippen LogP contribution < -0.4 is 14.8 Å². The van der Waals surface area contributed by atoms with Crippen molar-refractivity contribution in [2.75, 3.05) is 19.8 Å². The van der Waals surface area contributed by atoms with Gasteiger partial charge in [0.1, 0.15) is 19.0 Å². The van der Waals surface area contributed by atoms with Crippen molar-refractivity contribution in [1.82, 2.24) is 5.32 Å². The second kappa shape index (κ2) is 7.99. The number of carbonyl (C=O) groups is 1. The molecule has 1 saturated carbocycles. The van der Waals surface area contributed by atoms with E-state index in [4.69, 9.17) is 9.47 Å². The maximum Gasteiger partial charge on any atom is 0.220 e. The van der Waals surface area contributed by atoms with Gasteiger partial charge in [-0.2, -0.15) is 0 Å². The predicted octanol–water partition coefficient (Wildman–Crippen LogP) is 3.84. The summed E-state index contributed by atoms with van der Waals surface area (Å²) in [4.78, 5) is 12.5. The molecule has 142 valence electrons. The van der Waals surface area contributed by atoms with Gasteiger partial charge < -0.3 is 14.8 Å². The summed E-state index contributed by atoms with van der Waals surface area (Å²) in [6.07, 6.45) is 3.25. The van der Waals surface area contributed by atoms with Crippen LogP contribution >= 0.6 is 0 Å². The molecule has 0 radical (unpaired) electrons. The molecule has 0 spiro atoms. The topological polar surface area (TPSA) is 47.6 Å². The number of carbonyl (C=O) groups excluding carboxylic acids is 1. The molecule has 2 aromatic rings. The van der Waals surface area contributed by atoms with E-state index in [0.717, 1.165) is 29.9 Å². The van der Waals surface area contributed by atoms with Crippen LogP contribution in [0.4, 0.5) is 4.39 Å². The van der Waals surface area contributed by atoms with Gasteiger partial charge in [0, 0.05) is 13.0 Å². The van der Waals surface area contributed by atoms with E-state index < -0.39 is 0 Å². The lowest BCUT2D eigenvalue weighted by molar-refractivity contribution is -0.121. The maximum absolute atomic E-state index is 13.7. The first-order valence-corrected chi connectivity index (χ1v) is 9.60. The van der Waals surface area contributed by atoms with Crippen LogP contribution in [-0.2, 0) is 11.2 Å². The van der Waals surface area contributed by atoms with E-state index in [1.807, 2.05) is 24.3 Å². The van der Waals surface area contributed by atoms with E-state index >= 15 is 0 Å². The average Bonchev–Trinajstić information content (AvgIpc) is 3.52. The number of halogens is 1. The molecule has 1 amide bonds. The lowest BCUT2D eigenvalue weighted by Crippen LogP contribution is -2.27. The highest BCUT2D eigenvalue weighted by Gasteiger charge is 2.34. The van der Waals surface area contributed by atoms with E-state index in [-0.39, 0.29) is 17.6 Å². The summed E-state index contributed by atoms with van der Waals surface area (Å²) in [5.41, 5.74) is 1.76. The molecule has 1 atom stereocenters. The monoisotopic (exact) mass is 369 g/mol. The summed E-state index contributed by atoms with van der Waals surface area (Å²) in [5, 5.41) is 2.94. The highest BCUT2D eigenvalue weighted by atomic mass is 19.1. The smallest absolute Gasteiger partial charge is 0.220 e. The zero-order valence-electron chi connectivity index (χ0n) is 15.2. The molecule has 0 aromatic heterocycles. The summed E-state index contributed by atoms with van der Waals surface area (Å²) in [6, 6.07) is 12.7. The summed E-state index contributed by atoms with van der Waals surface area (Å²) < 4.78 is 24.9. The molecule has 4 rings (SSSR count). The number of nitrogens with one attached hydrogen (secondary N) is 1. The first kappa shape index (κ1) is 17.8. The molecule has 1 N–H and O–H groups in total. The molecule has 2 aliphatic rings. The molecule has 0 saturated heterocycles. The summed E-state index contributed by atoms with van der Waals surface area (Å²) in [7, 11) is 0. The molecule has 27 heavy (non-hydrogen) atoms. The molecule has 0 bridgehead atoms. The number of fused-ring (bicyclic) bond motifs is 1. The van der Waals surface area contributed by atoms with Gasteiger partial charge >= 0.3 is 0 Å². The van der Waals surface area contributed by atoms with Gasteiger partial charge in [0.15, 0.2) is 11.5 Å². The Morgan fingerprint density at radius 1 is 1.11 bits per heavy atom. The Labute approximate surface area is 158 Å². The third-order valence-electron chi connectivity index (χ3n) is 5.27. The van der Waals surface area contributed by atoms with Crippen LogP contribution in [0.25, 0.3) is 0 Å². The zero-order valence-corrected chi connectivity index (χ0v) is 15.2. The van der Waals surface area contributed by atoms with Crippen LogP contribution in [0.3, 0.4) is 0 Å². The zero-order chi connectivity index (χ0) is 18.6. The van der Waals surface area contributed by atoms with Gasteiger partial charge in [-0.25, -0.2) is 4.39 Å². The fraction of sp³-hybridized carbons (Fsp3) is 0.409. The summed E-state index contributed by atoms with van der Waals surface area (Å²) in [6.45, 7) is 1.57. The Balaban J connectivity index is 1.36. The molecular weight excluding hydrogens is 345 g/mol. The van der Waals surface area contributed by atoms with Crippen molar-refractivity contribution in [3.63, 3.8) is 0 Å². The van der Waals surface area contributed by atoms with Crippen LogP contribution in [0.5, 0.6) is 11.5 Å². The van der Waals surface area contributed by atoms with Crippen LogP contribution in [0.15, 0.2) is 42.5 Å². The lowest BCUT2D eigenvalue weighted by atomic mass is 9.90. The van der Waals surface area contributed by atoms with Crippen molar-refractivity contribution >= 4 is 5.91 Å².